The van der Waals surface area contributed by atoms with Crippen molar-refractivity contribution >= 4 is 5.91 Å². The van der Waals surface area contributed by atoms with Crippen LogP contribution in [0.4, 0.5) is 4.39 Å². The first kappa shape index (κ1) is 17.1. The molecule has 0 fully saturated rings. The summed E-state index contributed by atoms with van der Waals surface area (Å²) in [6.45, 7) is 1.19. The Bertz CT molecular complexity index is 824. The van der Waals surface area contributed by atoms with E-state index in [0.717, 1.165) is 23.2 Å². The number of benzene rings is 2. The number of hydrogen-bond acceptors (Lipinski definition) is 3. The molecule has 5 heteroatoms. The summed E-state index contributed by atoms with van der Waals surface area (Å²) in [6, 6.07) is 13.6. The van der Waals surface area contributed by atoms with Crippen LogP contribution in [0.1, 0.15) is 33.1 Å². The van der Waals surface area contributed by atoms with Crippen molar-refractivity contribution in [1.82, 2.24) is 9.80 Å². The standard InChI is InChI=1S/C20H20FN3O/c1-23(2)13-15-5-8-17-18(11-15)19(12-22)24(20(17)25)10-9-14-3-6-16(21)7-4-14/h3-8,11,19H,9-10,13H2,1-2H3. The number of halogens is 1. The lowest BCUT2D eigenvalue weighted by molar-refractivity contribution is 0.0759. The highest BCUT2D eigenvalue weighted by molar-refractivity contribution is 5.99. The average Bonchev–Trinajstić information content (AvgIpc) is 2.85. The molecule has 0 saturated carbocycles. The molecule has 0 saturated heterocycles. The van der Waals surface area contributed by atoms with Gasteiger partial charge in [-0.25, -0.2) is 4.39 Å². The zero-order chi connectivity index (χ0) is 18.0. The van der Waals surface area contributed by atoms with E-state index in [4.69, 9.17) is 0 Å². The molecule has 0 bridgehead atoms. The number of carbonyl (C=O) groups is 1. The molecule has 1 aliphatic heterocycles. The van der Waals surface area contributed by atoms with E-state index in [1.165, 1.54) is 12.1 Å². The fourth-order valence-electron chi connectivity index (χ4n) is 3.21. The molecule has 1 amide bonds. The van der Waals surface area contributed by atoms with Gasteiger partial charge in [-0.3, -0.25) is 4.79 Å². The maximum atomic E-state index is 13.0. The normalized spacial score (nSPS) is 16.2. The van der Waals surface area contributed by atoms with Crippen molar-refractivity contribution in [3.8, 4) is 6.07 Å². The minimum atomic E-state index is -0.565. The van der Waals surface area contributed by atoms with Crippen LogP contribution in [0.2, 0.25) is 0 Å². The average molecular weight is 337 g/mol. The molecule has 0 spiro atoms. The second kappa shape index (κ2) is 7.04. The molecule has 0 aliphatic carbocycles. The van der Waals surface area contributed by atoms with E-state index >= 15 is 0 Å². The largest absolute Gasteiger partial charge is 0.318 e. The summed E-state index contributed by atoms with van der Waals surface area (Å²) < 4.78 is 13.0. The molecule has 0 radical (unpaired) electrons. The van der Waals surface area contributed by atoms with Crippen molar-refractivity contribution < 1.29 is 9.18 Å². The Kier molecular flexibility index (Phi) is 4.82. The molecule has 25 heavy (non-hydrogen) atoms. The monoisotopic (exact) mass is 337 g/mol. The summed E-state index contributed by atoms with van der Waals surface area (Å²) in [4.78, 5) is 16.3. The van der Waals surface area contributed by atoms with Crippen molar-refractivity contribution in [2.45, 2.75) is 19.0 Å². The molecule has 1 heterocycles. The molecule has 1 aliphatic rings. The lowest BCUT2D eigenvalue weighted by Crippen LogP contribution is -2.29. The first-order valence-electron chi connectivity index (χ1n) is 8.22. The van der Waals surface area contributed by atoms with Gasteiger partial charge < -0.3 is 9.80 Å². The highest BCUT2D eigenvalue weighted by atomic mass is 19.1. The van der Waals surface area contributed by atoms with E-state index in [-0.39, 0.29) is 11.7 Å². The Morgan fingerprint density at radius 2 is 1.84 bits per heavy atom. The van der Waals surface area contributed by atoms with Gasteiger partial charge in [-0.1, -0.05) is 24.3 Å². The van der Waals surface area contributed by atoms with Gasteiger partial charge in [0.25, 0.3) is 5.91 Å². The summed E-state index contributed by atoms with van der Waals surface area (Å²) in [7, 11) is 3.96. The van der Waals surface area contributed by atoms with Crippen molar-refractivity contribution in [3.63, 3.8) is 0 Å². The van der Waals surface area contributed by atoms with E-state index in [1.807, 2.05) is 37.2 Å². The second-order valence-corrected chi connectivity index (χ2v) is 6.57. The van der Waals surface area contributed by atoms with Crippen LogP contribution in [0.5, 0.6) is 0 Å². The maximum Gasteiger partial charge on any atom is 0.255 e. The zero-order valence-electron chi connectivity index (χ0n) is 14.4. The Hall–Kier alpha value is -2.71. The topological polar surface area (TPSA) is 47.3 Å². The number of amides is 1. The quantitative estimate of drug-likeness (QED) is 0.842. The molecule has 0 aromatic heterocycles. The lowest BCUT2D eigenvalue weighted by atomic mass is 10.0. The first-order chi connectivity index (χ1) is 12.0. The van der Waals surface area contributed by atoms with E-state index in [1.54, 1.807) is 17.0 Å². The number of hydrogen-bond donors (Lipinski definition) is 0. The van der Waals surface area contributed by atoms with Crippen LogP contribution in [0, 0.1) is 17.1 Å². The Labute approximate surface area is 147 Å². The molecule has 2 aromatic rings. The third-order valence-corrected chi connectivity index (χ3v) is 4.39. The van der Waals surface area contributed by atoms with Gasteiger partial charge in [0.05, 0.1) is 6.07 Å². The van der Waals surface area contributed by atoms with Gasteiger partial charge in [0.1, 0.15) is 11.9 Å². The summed E-state index contributed by atoms with van der Waals surface area (Å²) in [5, 5.41) is 9.60. The zero-order valence-corrected chi connectivity index (χ0v) is 14.4. The summed E-state index contributed by atoms with van der Waals surface area (Å²) in [5.74, 6) is -0.392. The number of nitrogens with zero attached hydrogens (tertiary/aromatic N) is 3. The van der Waals surface area contributed by atoms with Gasteiger partial charge in [-0.05, 0) is 49.8 Å². The van der Waals surface area contributed by atoms with Crippen LogP contribution in [-0.4, -0.2) is 36.3 Å². The molecular weight excluding hydrogens is 317 g/mol. The third-order valence-electron chi connectivity index (χ3n) is 4.39. The highest BCUT2D eigenvalue weighted by Crippen LogP contribution is 2.34. The predicted octanol–water partition coefficient (Wildman–Crippen LogP) is 3.15. The molecule has 4 nitrogen and oxygen atoms in total. The first-order valence-corrected chi connectivity index (χ1v) is 8.22. The third kappa shape index (κ3) is 3.54. The highest BCUT2D eigenvalue weighted by Gasteiger charge is 2.36. The molecule has 128 valence electrons. The van der Waals surface area contributed by atoms with Crippen LogP contribution < -0.4 is 0 Å². The lowest BCUT2D eigenvalue weighted by Gasteiger charge is -2.20. The van der Waals surface area contributed by atoms with Crippen LogP contribution in [0.25, 0.3) is 0 Å². The van der Waals surface area contributed by atoms with Gasteiger partial charge in [0.15, 0.2) is 0 Å². The summed E-state index contributed by atoms with van der Waals surface area (Å²) in [6.07, 6.45) is 0.586. The van der Waals surface area contributed by atoms with Crippen molar-refractivity contribution in [2.24, 2.45) is 0 Å². The number of fused-ring (bicyclic) bond motifs is 1. The second-order valence-electron chi connectivity index (χ2n) is 6.57. The fraction of sp³-hybridized carbons (Fsp3) is 0.300. The van der Waals surface area contributed by atoms with Crippen LogP contribution in [0.15, 0.2) is 42.5 Å². The van der Waals surface area contributed by atoms with Crippen LogP contribution >= 0.6 is 0 Å². The van der Waals surface area contributed by atoms with Crippen LogP contribution in [-0.2, 0) is 13.0 Å². The van der Waals surface area contributed by atoms with Crippen molar-refractivity contribution in [2.75, 3.05) is 20.6 Å². The summed E-state index contributed by atoms with van der Waals surface area (Å²) in [5.41, 5.74) is 3.41. The fourth-order valence-corrected chi connectivity index (χ4v) is 3.21. The van der Waals surface area contributed by atoms with Gasteiger partial charge in [0, 0.05) is 24.2 Å². The van der Waals surface area contributed by atoms with Crippen molar-refractivity contribution in [1.29, 1.82) is 5.26 Å². The Morgan fingerprint density at radius 3 is 2.48 bits per heavy atom. The smallest absolute Gasteiger partial charge is 0.255 e. The SMILES string of the molecule is CN(C)Cc1ccc2c(c1)C(C#N)N(CCc1ccc(F)cc1)C2=O. The predicted molar refractivity (Wildman–Crippen MR) is 93.3 cm³/mol. The van der Waals surface area contributed by atoms with Gasteiger partial charge in [-0.15, -0.1) is 0 Å². The van der Waals surface area contributed by atoms with Crippen molar-refractivity contribution in [3.05, 3.63) is 70.5 Å². The molecule has 1 unspecified atom stereocenters. The minimum absolute atomic E-state index is 0.111. The maximum absolute atomic E-state index is 13.0. The van der Waals surface area contributed by atoms with Gasteiger partial charge in [0.2, 0.25) is 0 Å². The van der Waals surface area contributed by atoms with E-state index in [2.05, 4.69) is 6.07 Å². The summed E-state index contributed by atoms with van der Waals surface area (Å²) >= 11 is 0. The molecule has 2 aromatic carbocycles. The van der Waals surface area contributed by atoms with E-state index in [9.17, 15) is 14.4 Å². The molecule has 1 atom stereocenters. The van der Waals surface area contributed by atoms with E-state index in [0.29, 0.717) is 18.5 Å². The van der Waals surface area contributed by atoms with Gasteiger partial charge >= 0.3 is 0 Å². The Balaban J connectivity index is 1.80. The Morgan fingerprint density at radius 1 is 1.16 bits per heavy atom. The number of nitriles is 1. The van der Waals surface area contributed by atoms with E-state index < -0.39 is 6.04 Å². The molecular formula is C20H20FN3O. The number of carbonyl (C=O) groups excluding carboxylic acids is 1. The van der Waals surface area contributed by atoms with Crippen LogP contribution in [0.3, 0.4) is 0 Å². The number of rotatable bonds is 5. The van der Waals surface area contributed by atoms with Gasteiger partial charge in [-0.2, -0.15) is 5.26 Å². The molecule has 0 N–H and O–H groups in total. The minimum Gasteiger partial charge on any atom is -0.318 e. The molecule has 3 rings (SSSR count).